The number of nitrogens with zero attached hydrogens (tertiary/aromatic N) is 1. The van der Waals surface area contributed by atoms with Crippen LogP contribution >= 0.6 is 11.6 Å². The van der Waals surface area contributed by atoms with E-state index in [-0.39, 0.29) is 6.61 Å². The van der Waals surface area contributed by atoms with Gasteiger partial charge < -0.3 is 4.74 Å². The number of carbonyl (C=O) groups is 1. The molecule has 0 spiro atoms. The second-order valence-electron chi connectivity index (χ2n) is 4.98. The maximum absolute atomic E-state index is 12.1. The number of esters is 1. The molecule has 1 fully saturated rings. The lowest BCUT2D eigenvalue weighted by molar-refractivity contribution is -0.147. The minimum absolute atomic E-state index is 0.0843. The molecule has 7 heteroatoms. The van der Waals surface area contributed by atoms with Gasteiger partial charge in [0.1, 0.15) is 5.25 Å². The van der Waals surface area contributed by atoms with Crippen LogP contribution in [0.3, 0.4) is 0 Å². The van der Waals surface area contributed by atoms with E-state index >= 15 is 0 Å². The van der Waals surface area contributed by atoms with Crippen molar-refractivity contribution in [3.05, 3.63) is 34.9 Å². The summed E-state index contributed by atoms with van der Waals surface area (Å²) in [5.41, 5.74) is -1.14. The Hall–Kier alpha value is -1.58. The first-order valence-electron chi connectivity index (χ1n) is 6.31. The second-order valence-corrected chi connectivity index (χ2v) is 7.59. The van der Waals surface area contributed by atoms with Crippen molar-refractivity contribution in [3.8, 4) is 6.07 Å². The number of hydrogen-bond acceptors (Lipinski definition) is 5. The van der Waals surface area contributed by atoms with Crippen LogP contribution in [0.25, 0.3) is 0 Å². The van der Waals surface area contributed by atoms with Crippen LogP contribution in [0, 0.1) is 16.7 Å². The Balaban J connectivity index is 2.53. The van der Waals surface area contributed by atoms with Gasteiger partial charge in [0, 0.05) is 17.2 Å². The van der Waals surface area contributed by atoms with E-state index in [0.29, 0.717) is 10.6 Å². The molecular formula is C14H14ClNO4S. The molecule has 112 valence electrons. The zero-order valence-electron chi connectivity index (χ0n) is 11.5. The topological polar surface area (TPSA) is 84.2 Å². The molecule has 0 radical (unpaired) electrons. The highest BCUT2D eigenvalue weighted by atomic mass is 35.5. The van der Waals surface area contributed by atoms with Gasteiger partial charge in [-0.2, -0.15) is 5.26 Å². The first-order chi connectivity index (χ1) is 9.79. The van der Waals surface area contributed by atoms with Crippen LogP contribution in [0.2, 0.25) is 5.02 Å². The van der Waals surface area contributed by atoms with Crippen LogP contribution in [-0.2, 0) is 19.4 Å². The Labute approximate surface area is 128 Å². The fourth-order valence-corrected chi connectivity index (χ4v) is 4.71. The van der Waals surface area contributed by atoms with Crippen LogP contribution in [-0.4, -0.2) is 32.5 Å². The molecule has 0 amide bonds. The van der Waals surface area contributed by atoms with Crippen molar-refractivity contribution < 1.29 is 17.9 Å². The van der Waals surface area contributed by atoms with E-state index in [2.05, 4.69) is 0 Å². The summed E-state index contributed by atoms with van der Waals surface area (Å²) in [6.45, 7) is 1.69. The Bertz CT molecular complexity index is 725. The summed E-state index contributed by atoms with van der Waals surface area (Å²) in [5.74, 6) is -1.55. The third kappa shape index (κ3) is 2.52. The van der Waals surface area contributed by atoms with Gasteiger partial charge in [-0.25, -0.2) is 8.42 Å². The van der Waals surface area contributed by atoms with Gasteiger partial charge in [0.2, 0.25) is 0 Å². The highest BCUT2D eigenvalue weighted by molar-refractivity contribution is 7.91. The van der Waals surface area contributed by atoms with Gasteiger partial charge in [-0.05, 0) is 24.6 Å². The van der Waals surface area contributed by atoms with Crippen LogP contribution in [0.15, 0.2) is 24.3 Å². The molecule has 0 N–H and O–H groups in total. The summed E-state index contributed by atoms with van der Waals surface area (Å²) in [4.78, 5) is 12.1. The Morgan fingerprint density at radius 2 is 2.19 bits per heavy atom. The molecule has 3 atom stereocenters. The highest BCUT2D eigenvalue weighted by Gasteiger charge is 2.76. The van der Waals surface area contributed by atoms with Crippen molar-refractivity contribution >= 4 is 27.4 Å². The van der Waals surface area contributed by atoms with Crippen molar-refractivity contribution in [2.75, 3.05) is 12.9 Å². The lowest BCUT2D eigenvalue weighted by Gasteiger charge is -2.08. The van der Waals surface area contributed by atoms with Crippen molar-refractivity contribution in [1.82, 2.24) is 0 Å². The molecule has 1 saturated carbocycles. The van der Waals surface area contributed by atoms with Gasteiger partial charge in [-0.3, -0.25) is 4.79 Å². The maximum Gasteiger partial charge on any atom is 0.328 e. The van der Waals surface area contributed by atoms with Crippen LogP contribution in [0.5, 0.6) is 0 Å². The van der Waals surface area contributed by atoms with Gasteiger partial charge >= 0.3 is 5.97 Å². The zero-order chi connectivity index (χ0) is 15.8. The number of halogens is 1. The molecule has 0 unspecified atom stereocenters. The fraction of sp³-hybridized carbons (Fsp3) is 0.429. The van der Waals surface area contributed by atoms with E-state index in [1.807, 2.05) is 6.07 Å². The molecule has 0 aliphatic heterocycles. The molecule has 0 saturated heterocycles. The molecule has 21 heavy (non-hydrogen) atoms. The molecule has 0 heterocycles. The van der Waals surface area contributed by atoms with E-state index in [1.165, 1.54) is 0 Å². The summed E-state index contributed by atoms with van der Waals surface area (Å²) in [5, 5.41) is 8.75. The molecule has 2 rings (SSSR count). The molecule has 1 aliphatic rings. The van der Waals surface area contributed by atoms with Crippen molar-refractivity contribution in [2.24, 2.45) is 5.41 Å². The number of ether oxygens (including phenoxy) is 1. The average molecular weight is 328 g/mol. The molecule has 1 aliphatic carbocycles. The monoisotopic (exact) mass is 327 g/mol. The molecular weight excluding hydrogens is 314 g/mol. The predicted molar refractivity (Wildman–Crippen MR) is 77.5 cm³/mol. The lowest BCUT2D eigenvalue weighted by Crippen LogP contribution is -2.24. The summed E-state index contributed by atoms with van der Waals surface area (Å²) < 4.78 is 28.8. The zero-order valence-corrected chi connectivity index (χ0v) is 13.1. The van der Waals surface area contributed by atoms with Gasteiger partial charge in [0.15, 0.2) is 15.3 Å². The standard InChI is InChI=1S/C14H14ClNO4S/c1-3-20-13(17)14(8-16)11(12(14)21(2,18)19)9-5-4-6-10(15)7-9/h4-7,11-12H,3H2,1-2H3/t11-,12+,14+/m1/s1. The minimum Gasteiger partial charge on any atom is -0.465 e. The Morgan fingerprint density at radius 3 is 2.67 bits per heavy atom. The van der Waals surface area contributed by atoms with E-state index in [4.69, 9.17) is 16.3 Å². The minimum atomic E-state index is -3.59. The Kier molecular flexibility index (Phi) is 4.00. The van der Waals surface area contributed by atoms with Gasteiger partial charge in [0.25, 0.3) is 0 Å². The number of carbonyl (C=O) groups excluding carboxylic acids is 1. The van der Waals surface area contributed by atoms with Gasteiger partial charge in [-0.15, -0.1) is 0 Å². The summed E-state index contributed by atoms with van der Waals surface area (Å²) in [6, 6.07) is 8.39. The maximum atomic E-state index is 12.1. The average Bonchev–Trinajstić information content (AvgIpc) is 3.09. The third-order valence-corrected chi connectivity index (χ3v) is 5.40. The highest BCUT2D eigenvalue weighted by Crippen LogP contribution is 2.63. The van der Waals surface area contributed by atoms with Crippen molar-refractivity contribution in [2.45, 2.75) is 18.1 Å². The smallest absolute Gasteiger partial charge is 0.328 e. The van der Waals surface area contributed by atoms with E-state index < -0.39 is 32.4 Å². The summed E-state index contributed by atoms with van der Waals surface area (Å²) in [7, 11) is -3.59. The van der Waals surface area contributed by atoms with Crippen LogP contribution in [0.4, 0.5) is 0 Å². The number of nitriles is 1. The second kappa shape index (κ2) is 5.32. The van der Waals surface area contributed by atoms with Crippen molar-refractivity contribution in [1.29, 1.82) is 5.26 Å². The molecule has 1 aromatic carbocycles. The molecule has 5 nitrogen and oxygen atoms in total. The largest absolute Gasteiger partial charge is 0.465 e. The molecule has 1 aromatic rings. The summed E-state index contributed by atoms with van der Waals surface area (Å²) >= 11 is 5.91. The number of hydrogen-bond donors (Lipinski definition) is 0. The third-order valence-electron chi connectivity index (χ3n) is 3.60. The first kappa shape index (κ1) is 15.8. The lowest BCUT2D eigenvalue weighted by atomic mass is 10.0. The summed E-state index contributed by atoms with van der Waals surface area (Å²) in [6.07, 6.45) is 1.02. The van der Waals surface area contributed by atoms with Gasteiger partial charge in [0.05, 0.1) is 12.7 Å². The van der Waals surface area contributed by atoms with E-state index in [1.54, 1.807) is 31.2 Å². The number of rotatable bonds is 4. The first-order valence-corrected chi connectivity index (χ1v) is 8.65. The quantitative estimate of drug-likeness (QED) is 0.789. The van der Waals surface area contributed by atoms with Crippen LogP contribution < -0.4 is 0 Å². The fourth-order valence-electron chi connectivity index (χ4n) is 2.75. The van der Waals surface area contributed by atoms with Crippen LogP contribution in [0.1, 0.15) is 18.4 Å². The van der Waals surface area contributed by atoms with E-state index in [9.17, 15) is 18.5 Å². The molecule has 0 aromatic heterocycles. The van der Waals surface area contributed by atoms with Crippen molar-refractivity contribution in [3.63, 3.8) is 0 Å². The SMILES string of the molecule is CCOC(=O)[C@@]1(C#N)[C@H](c2cccc(Cl)c2)[C@@H]1S(C)(=O)=O. The normalized spacial score (nSPS) is 27.7. The number of sulfone groups is 1. The Morgan fingerprint density at radius 1 is 1.52 bits per heavy atom. The van der Waals surface area contributed by atoms with E-state index in [0.717, 1.165) is 6.26 Å². The predicted octanol–water partition coefficient (Wildman–Crippen LogP) is 1.92. The molecule has 0 bridgehead atoms. The van der Waals surface area contributed by atoms with Gasteiger partial charge in [-0.1, -0.05) is 23.7 Å². The number of benzene rings is 1.